The smallest absolute Gasteiger partial charge is 0.172 e. The van der Waals surface area contributed by atoms with Gasteiger partial charge in [-0.15, -0.1) is 0 Å². The number of nitrogens with zero attached hydrogens (tertiary/aromatic N) is 3. The SMILES string of the molecule is S=C(NCCc1ccccn1)Nc1nccnc1Cl. The van der Waals surface area contributed by atoms with E-state index in [1.54, 1.807) is 12.4 Å². The Morgan fingerprint density at radius 1 is 1.16 bits per heavy atom. The van der Waals surface area contributed by atoms with Crippen LogP contribution in [0.4, 0.5) is 5.82 Å². The quantitative estimate of drug-likeness (QED) is 0.841. The Balaban J connectivity index is 1.78. The van der Waals surface area contributed by atoms with E-state index in [0.717, 1.165) is 12.1 Å². The van der Waals surface area contributed by atoms with Crippen molar-refractivity contribution in [3.05, 3.63) is 47.6 Å². The minimum atomic E-state index is 0.288. The van der Waals surface area contributed by atoms with Gasteiger partial charge in [0.1, 0.15) is 0 Å². The van der Waals surface area contributed by atoms with E-state index in [0.29, 0.717) is 17.5 Å². The summed E-state index contributed by atoms with van der Waals surface area (Å²) in [5.41, 5.74) is 1.01. The molecule has 2 N–H and O–H groups in total. The molecule has 0 atom stereocenters. The lowest BCUT2D eigenvalue weighted by Crippen LogP contribution is -2.30. The molecule has 0 aromatic carbocycles. The summed E-state index contributed by atoms with van der Waals surface area (Å²) in [5, 5.41) is 6.70. The standard InChI is InChI=1S/C12H12ClN5S/c13-10-11(16-8-7-15-10)18-12(19)17-6-4-9-3-1-2-5-14-9/h1-3,5,7-8H,4,6H2,(H2,16,17,18,19). The summed E-state index contributed by atoms with van der Waals surface area (Å²) in [7, 11) is 0. The second-order valence-corrected chi connectivity index (χ2v) is 4.41. The molecule has 0 amide bonds. The number of aromatic nitrogens is 3. The topological polar surface area (TPSA) is 62.7 Å². The minimum absolute atomic E-state index is 0.288. The molecule has 0 saturated heterocycles. The van der Waals surface area contributed by atoms with E-state index in [1.165, 1.54) is 6.20 Å². The zero-order chi connectivity index (χ0) is 13.5. The minimum Gasteiger partial charge on any atom is -0.362 e. The van der Waals surface area contributed by atoms with E-state index >= 15 is 0 Å². The van der Waals surface area contributed by atoms with Gasteiger partial charge in [-0.3, -0.25) is 4.98 Å². The van der Waals surface area contributed by atoms with Crippen molar-refractivity contribution in [1.29, 1.82) is 0 Å². The number of hydrogen-bond donors (Lipinski definition) is 2. The maximum atomic E-state index is 5.86. The Labute approximate surface area is 121 Å². The van der Waals surface area contributed by atoms with Crippen molar-refractivity contribution in [3.63, 3.8) is 0 Å². The molecule has 7 heteroatoms. The van der Waals surface area contributed by atoms with Crippen LogP contribution in [0.25, 0.3) is 0 Å². The summed E-state index contributed by atoms with van der Waals surface area (Å²) < 4.78 is 0. The maximum Gasteiger partial charge on any atom is 0.172 e. The molecule has 2 aromatic heterocycles. The van der Waals surface area contributed by atoms with Crippen molar-refractivity contribution in [1.82, 2.24) is 20.3 Å². The Hall–Kier alpha value is -1.79. The van der Waals surface area contributed by atoms with Crippen LogP contribution in [0.3, 0.4) is 0 Å². The number of nitrogens with one attached hydrogen (secondary N) is 2. The van der Waals surface area contributed by atoms with Crippen molar-refractivity contribution in [2.75, 3.05) is 11.9 Å². The van der Waals surface area contributed by atoms with Gasteiger partial charge in [-0.2, -0.15) is 0 Å². The number of halogens is 1. The molecule has 0 fully saturated rings. The lowest BCUT2D eigenvalue weighted by molar-refractivity contribution is 0.847. The molecule has 2 heterocycles. The van der Waals surface area contributed by atoms with Crippen molar-refractivity contribution in [3.8, 4) is 0 Å². The highest BCUT2D eigenvalue weighted by atomic mass is 35.5. The number of rotatable bonds is 4. The van der Waals surface area contributed by atoms with E-state index in [-0.39, 0.29) is 5.15 Å². The second-order valence-electron chi connectivity index (χ2n) is 3.65. The highest BCUT2D eigenvalue weighted by Crippen LogP contribution is 2.13. The molecule has 2 aromatic rings. The first-order chi connectivity index (χ1) is 9.25. The largest absolute Gasteiger partial charge is 0.362 e. The lowest BCUT2D eigenvalue weighted by atomic mass is 10.3. The average Bonchev–Trinajstić information content (AvgIpc) is 2.43. The van der Waals surface area contributed by atoms with Crippen molar-refractivity contribution >= 4 is 34.7 Å². The van der Waals surface area contributed by atoms with Crippen LogP contribution in [-0.2, 0) is 6.42 Å². The van der Waals surface area contributed by atoms with Crippen molar-refractivity contribution in [2.45, 2.75) is 6.42 Å². The normalized spacial score (nSPS) is 9.95. The van der Waals surface area contributed by atoms with Gasteiger partial charge >= 0.3 is 0 Å². The number of anilines is 1. The van der Waals surface area contributed by atoms with Gasteiger partial charge in [0.25, 0.3) is 0 Å². The van der Waals surface area contributed by atoms with Crippen molar-refractivity contribution in [2.24, 2.45) is 0 Å². The van der Waals surface area contributed by atoms with E-state index in [4.69, 9.17) is 23.8 Å². The molecule has 0 unspecified atom stereocenters. The highest BCUT2D eigenvalue weighted by Gasteiger charge is 2.03. The van der Waals surface area contributed by atoms with Crippen LogP contribution >= 0.6 is 23.8 Å². The van der Waals surface area contributed by atoms with Crippen LogP contribution in [0.2, 0.25) is 5.15 Å². The molecule has 0 aliphatic heterocycles. The number of pyridine rings is 1. The predicted molar refractivity (Wildman–Crippen MR) is 79.2 cm³/mol. The van der Waals surface area contributed by atoms with Gasteiger partial charge in [0, 0.05) is 37.3 Å². The Morgan fingerprint density at radius 3 is 2.74 bits per heavy atom. The molecule has 98 valence electrons. The van der Waals surface area contributed by atoms with Gasteiger partial charge in [-0.05, 0) is 24.4 Å². The molecule has 0 aliphatic carbocycles. The molecule has 0 spiro atoms. The molecule has 0 radical (unpaired) electrons. The third-order valence-electron chi connectivity index (χ3n) is 2.28. The summed E-state index contributed by atoms with van der Waals surface area (Å²) in [5.74, 6) is 0.444. The Kier molecular flexibility index (Phi) is 5.00. The fraction of sp³-hybridized carbons (Fsp3) is 0.167. The summed E-state index contributed by atoms with van der Waals surface area (Å²) >= 11 is 11.0. The van der Waals surface area contributed by atoms with E-state index < -0.39 is 0 Å². The zero-order valence-electron chi connectivity index (χ0n) is 10.0. The van der Waals surface area contributed by atoms with E-state index in [9.17, 15) is 0 Å². The first-order valence-corrected chi connectivity index (χ1v) is 6.45. The van der Waals surface area contributed by atoms with Gasteiger partial charge in [0.2, 0.25) is 0 Å². The Morgan fingerprint density at radius 2 is 2.00 bits per heavy atom. The van der Waals surface area contributed by atoms with E-state index in [1.807, 2.05) is 18.2 Å². The van der Waals surface area contributed by atoms with E-state index in [2.05, 4.69) is 25.6 Å². The van der Waals surface area contributed by atoms with Crippen LogP contribution in [0.5, 0.6) is 0 Å². The fourth-order valence-electron chi connectivity index (χ4n) is 1.41. The highest BCUT2D eigenvalue weighted by molar-refractivity contribution is 7.80. The molecule has 5 nitrogen and oxygen atoms in total. The fourth-order valence-corrected chi connectivity index (χ4v) is 1.76. The summed E-state index contributed by atoms with van der Waals surface area (Å²) in [6.07, 6.45) is 5.62. The summed E-state index contributed by atoms with van der Waals surface area (Å²) in [6, 6.07) is 5.81. The zero-order valence-corrected chi connectivity index (χ0v) is 11.6. The molecule has 0 bridgehead atoms. The monoisotopic (exact) mass is 293 g/mol. The average molecular weight is 294 g/mol. The first kappa shape index (κ1) is 13.6. The number of thiocarbonyl (C=S) groups is 1. The van der Waals surface area contributed by atoms with Gasteiger partial charge < -0.3 is 10.6 Å². The van der Waals surface area contributed by atoms with Gasteiger partial charge in [0.05, 0.1) is 0 Å². The van der Waals surface area contributed by atoms with Gasteiger partial charge in [-0.1, -0.05) is 17.7 Å². The number of hydrogen-bond acceptors (Lipinski definition) is 4. The van der Waals surface area contributed by atoms with Crippen LogP contribution in [0.15, 0.2) is 36.8 Å². The lowest BCUT2D eigenvalue weighted by Gasteiger charge is -2.09. The molecule has 0 aliphatic rings. The molecular weight excluding hydrogens is 282 g/mol. The molecule has 19 heavy (non-hydrogen) atoms. The maximum absolute atomic E-state index is 5.86. The van der Waals surface area contributed by atoms with Crippen LogP contribution in [0.1, 0.15) is 5.69 Å². The third-order valence-corrected chi connectivity index (χ3v) is 2.80. The Bertz CT molecular complexity index is 549. The van der Waals surface area contributed by atoms with Gasteiger partial charge in [-0.25, -0.2) is 9.97 Å². The third kappa shape index (κ3) is 4.42. The predicted octanol–water partition coefficient (Wildman–Crippen LogP) is 2.05. The molecule has 2 rings (SSSR count). The van der Waals surface area contributed by atoms with Crippen LogP contribution < -0.4 is 10.6 Å². The summed E-state index contributed by atoms with van der Waals surface area (Å²) in [6.45, 7) is 0.681. The second kappa shape index (κ2) is 6.96. The molecule has 0 saturated carbocycles. The van der Waals surface area contributed by atoms with Gasteiger partial charge in [0.15, 0.2) is 16.1 Å². The summed E-state index contributed by atoms with van der Waals surface area (Å²) in [4.78, 5) is 12.2. The van der Waals surface area contributed by atoms with Crippen molar-refractivity contribution < 1.29 is 0 Å². The van der Waals surface area contributed by atoms with Crippen LogP contribution in [-0.4, -0.2) is 26.6 Å². The molecular formula is C12H12ClN5S. The first-order valence-electron chi connectivity index (χ1n) is 5.67. The van der Waals surface area contributed by atoms with Crippen LogP contribution in [0, 0.1) is 0 Å².